The van der Waals surface area contributed by atoms with E-state index in [1.54, 1.807) is 18.4 Å². The van der Waals surface area contributed by atoms with Gasteiger partial charge >= 0.3 is 0 Å². The summed E-state index contributed by atoms with van der Waals surface area (Å²) in [4.78, 5) is 19.9. The number of methoxy groups -OCH3 is 1. The molecule has 3 aromatic rings. The number of carbonyl (C=O) groups is 1. The fourth-order valence-electron chi connectivity index (χ4n) is 3.68. The number of fused-ring (bicyclic) bond motifs is 1. The van der Waals surface area contributed by atoms with Gasteiger partial charge in [-0.25, -0.2) is 4.98 Å². The highest BCUT2D eigenvalue weighted by atomic mass is 32.1. The van der Waals surface area contributed by atoms with Crippen LogP contribution in [0.2, 0.25) is 0 Å². The summed E-state index contributed by atoms with van der Waals surface area (Å²) in [5, 5.41) is 4.16. The molecule has 2 aromatic carbocycles. The minimum Gasteiger partial charge on any atom is -0.497 e. The maximum Gasteiger partial charge on any atom is 0.225 e. The molecule has 2 heterocycles. The van der Waals surface area contributed by atoms with Gasteiger partial charge in [-0.2, -0.15) is 0 Å². The van der Waals surface area contributed by atoms with E-state index < -0.39 is 0 Å². The van der Waals surface area contributed by atoms with Gasteiger partial charge in [0.15, 0.2) is 5.13 Å². The first-order chi connectivity index (χ1) is 13.6. The fraction of sp³-hybridized carbons (Fsp3) is 0.364. The molecule has 0 spiro atoms. The average Bonchev–Trinajstić information content (AvgIpc) is 3.17. The Morgan fingerprint density at radius 2 is 2.11 bits per heavy atom. The summed E-state index contributed by atoms with van der Waals surface area (Å²) >= 11 is 1.66. The van der Waals surface area contributed by atoms with E-state index in [4.69, 9.17) is 9.72 Å². The SMILES string of the molecule is COc1ccc2nc(N3CCC[C@H](C(=O)N[C@H](C)c4ccccc4)C3)sc2c1. The lowest BCUT2D eigenvalue weighted by Gasteiger charge is -2.32. The van der Waals surface area contributed by atoms with Crippen molar-refractivity contribution in [2.75, 3.05) is 25.1 Å². The van der Waals surface area contributed by atoms with Gasteiger partial charge in [-0.3, -0.25) is 4.79 Å². The number of ether oxygens (including phenoxy) is 1. The van der Waals surface area contributed by atoms with E-state index in [9.17, 15) is 4.79 Å². The van der Waals surface area contributed by atoms with Gasteiger partial charge in [0.25, 0.3) is 0 Å². The van der Waals surface area contributed by atoms with Crippen LogP contribution in [0.15, 0.2) is 48.5 Å². The largest absolute Gasteiger partial charge is 0.497 e. The normalized spacial score (nSPS) is 18.1. The molecule has 6 heteroatoms. The third-order valence-electron chi connectivity index (χ3n) is 5.31. The predicted molar refractivity (Wildman–Crippen MR) is 114 cm³/mol. The molecule has 0 bridgehead atoms. The summed E-state index contributed by atoms with van der Waals surface area (Å²) in [6.07, 6.45) is 1.92. The number of rotatable bonds is 5. The number of carbonyl (C=O) groups excluding carboxylic acids is 1. The summed E-state index contributed by atoms with van der Waals surface area (Å²) in [5.74, 6) is 0.957. The highest BCUT2D eigenvalue weighted by Crippen LogP contribution is 2.33. The smallest absolute Gasteiger partial charge is 0.225 e. The number of piperidine rings is 1. The lowest BCUT2D eigenvalue weighted by Crippen LogP contribution is -2.43. The summed E-state index contributed by atoms with van der Waals surface area (Å²) < 4.78 is 6.42. The van der Waals surface area contributed by atoms with Gasteiger partial charge in [0.05, 0.1) is 29.3 Å². The zero-order valence-corrected chi connectivity index (χ0v) is 17.0. The van der Waals surface area contributed by atoms with E-state index in [0.29, 0.717) is 6.54 Å². The fourth-order valence-corrected chi connectivity index (χ4v) is 4.71. The number of benzene rings is 2. The van der Waals surface area contributed by atoms with Crippen molar-refractivity contribution in [3.8, 4) is 5.75 Å². The number of amides is 1. The predicted octanol–water partition coefficient (Wildman–Crippen LogP) is 4.40. The van der Waals surface area contributed by atoms with E-state index in [1.807, 2.05) is 55.5 Å². The number of hydrogen-bond donors (Lipinski definition) is 1. The van der Waals surface area contributed by atoms with Crippen molar-refractivity contribution in [2.45, 2.75) is 25.8 Å². The van der Waals surface area contributed by atoms with Crippen molar-refractivity contribution >= 4 is 32.6 Å². The Kier molecular flexibility index (Phi) is 5.48. The van der Waals surface area contributed by atoms with Gasteiger partial charge < -0.3 is 15.0 Å². The third-order valence-corrected chi connectivity index (χ3v) is 6.38. The molecule has 0 radical (unpaired) electrons. The van der Waals surface area contributed by atoms with Crippen LogP contribution in [-0.2, 0) is 4.79 Å². The maximum absolute atomic E-state index is 12.8. The van der Waals surface area contributed by atoms with Crippen molar-refractivity contribution < 1.29 is 9.53 Å². The molecule has 4 rings (SSSR count). The molecule has 0 aliphatic carbocycles. The van der Waals surface area contributed by atoms with Crippen LogP contribution in [0.5, 0.6) is 5.75 Å². The molecule has 0 unspecified atom stereocenters. The van der Waals surface area contributed by atoms with Crippen LogP contribution >= 0.6 is 11.3 Å². The first kappa shape index (κ1) is 18.7. The maximum atomic E-state index is 12.8. The molecule has 1 aromatic heterocycles. The van der Waals surface area contributed by atoms with Crippen LogP contribution in [0.3, 0.4) is 0 Å². The highest BCUT2D eigenvalue weighted by Gasteiger charge is 2.28. The number of thiazole rings is 1. The summed E-state index contributed by atoms with van der Waals surface area (Å²) in [6, 6.07) is 16.1. The van der Waals surface area contributed by atoms with Gasteiger partial charge in [-0.1, -0.05) is 41.7 Å². The molecule has 1 N–H and O–H groups in total. The molecule has 1 aliphatic rings. The Bertz CT molecular complexity index is 957. The number of anilines is 1. The molecule has 5 nitrogen and oxygen atoms in total. The molecular formula is C22H25N3O2S. The van der Waals surface area contributed by atoms with E-state index in [2.05, 4.69) is 10.2 Å². The minimum absolute atomic E-state index is 0.0125. The summed E-state index contributed by atoms with van der Waals surface area (Å²) in [7, 11) is 1.67. The van der Waals surface area contributed by atoms with Crippen LogP contribution in [-0.4, -0.2) is 31.1 Å². The van der Waals surface area contributed by atoms with Crippen molar-refractivity contribution in [3.63, 3.8) is 0 Å². The average molecular weight is 396 g/mol. The zero-order valence-electron chi connectivity index (χ0n) is 16.2. The molecule has 2 atom stereocenters. The van der Waals surface area contributed by atoms with E-state index in [1.165, 1.54) is 0 Å². The van der Waals surface area contributed by atoms with Gasteiger partial charge in [-0.15, -0.1) is 0 Å². The lowest BCUT2D eigenvalue weighted by molar-refractivity contribution is -0.125. The number of nitrogens with one attached hydrogen (secondary N) is 1. The molecule has 28 heavy (non-hydrogen) atoms. The lowest BCUT2D eigenvalue weighted by atomic mass is 9.96. The number of nitrogens with zero attached hydrogens (tertiary/aromatic N) is 2. The minimum atomic E-state index is -0.0125. The Labute approximate surface area is 169 Å². The van der Waals surface area contributed by atoms with E-state index >= 15 is 0 Å². The number of aromatic nitrogens is 1. The quantitative estimate of drug-likeness (QED) is 0.696. The van der Waals surface area contributed by atoms with Gasteiger partial charge in [0.2, 0.25) is 5.91 Å². The second-order valence-corrected chi connectivity index (χ2v) is 8.27. The molecule has 1 fully saturated rings. The van der Waals surface area contributed by atoms with Gasteiger partial charge in [-0.05, 0) is 43.5 Å². The Balaban J connectivity index is 1.44. The van der Waals surface area contributed by atoms with Crippen LogP contribution in [0.1, 0.15) is 31.4 Å². The molecule has 1 saturated heterocycles. The topological polar surface area (TPSA) is 54.5 Å². The van der Waals surface area contributed by atoms with Crippen molar-refractivity contribution in [1.29, 1.82) is 0 Å². The first-order valence-corrected chi connectivity index (χ1v) is 10.5. The van der Waals surface area contributed by atoms with Crippen molar-refractivity contribution in [2.24, 2.45) is 5.92 Å². The Morgan fingerprint density at radius 3 is 2.89 bits per heavy atom. The van der Waals surface area contributed by atoms with Crippen LogP contribution in [0.4, 0.5) is 5.13 Å². The Morgan fingerprint density at radius 1 is 1.29 bits per heavy atom. The highest BCUT2D eigenvalue weighted by molar-refractivity contribution is 7.22. The van der Waals surface area contributed by atoms with E-state index in [0.717, 1.165) is 46.0 Å². The third kappa shape index (κ3) is 3.97. The molecule has 0 saturated carbocycles. The van der Waals surface area contributed by atoms with Crippen molar-refractivity contribution in [1.82, 2.24) is 10.3 Å². The Hall–Kier alpha value is -2.60. The zero-order chi connectivity index (χ0) is 19.5. The molecule has 1 aliphatic heterocycles. The van der Waals surface area contributed by atoms with Gasteiger partial charge in [0.1, 0.15) is 5.75 Å². The van der Waals surface area contributed by atoms with Crippen LogP contribution in [0, 0.1) is 5.92 Å². The van der Waals surface area contributed by atoms with E-state index in [-0.39, 0.29) is 17.9 Å². The summed E-state index contributed by atoms with van der Waals surface area (Å²) in [5.41, 5.74) is 2.11. The number of hydrogen-bond acceptors (Lipinski definition) is 5. The van der Waals surface area contributed by atoms with Crippen LogP contribution < -0.4 is 15.0 Å². The van der Waals surface area contributed by atoms with Crippen LogP contribution in [0.25, 0.3) is 10.2 Å². The second-order valence-electron chi connectivity index (χ2n) is 7.26. The monoisotopic (exact) mass is 395 g/mol. The molecular weight excluding hydrogens is 370 g/mol. The molecule has 146 valence electrons. The summed E-state index contributed by atoms with van der Waals surface area (Å²) in [6.45, 7) is 3.69. The van der Waals surface area contributed by atoms with Gasteiger partial charge in [0, 0.05) is 13.1 Å². The van der Waals surface area contributed by atoms with Crippen molar-refractivity contribution in [3.05, 3.63) is 54.1 Å². The second kappa shape index (κ2) is 8.19. The molecule has 1 amide bonds. The standard InChI is InChI=1S/C22H25N3O2S/c1-15(16-7-4-3-5-8-16)23-21(26)17-9-6-12-25(14-17)22-24-19-11-10-18(27-2)13-20(19)28-22/h3-5,7-8,10-11,13,15,17H,6,9,12,14H2,1-2H3,(H,23,26)/t15-,17+/m1/s1. The first-order valence-electron chi connectivity index (χ1n) is 9.69.